The number of amides is 1. The Hall–Kier alpha value is -1.94. The van der Waals surface area contributed by atoms with Crippen LogP contribution in [0.3, 0.4) is 0 Å². The Labute approximate surface area is 99.3 Å². The summed E-state index contributed by atoms with van der Waals surface area (Å²) in [5, 5.41) is 12.5. The van der Waals surface area contributed by atoms with Crippen LogP contribution in [-0.2, 0) is 0 Å². The average Bonchev–Trinajstić information content (AvgIpc) is 2.37. The van der Waals surface area contributed by atoms with E-state index in [4.69, 9.17) is 5.11 Å². The van der Waals surface area contributed by atoms with Crippen LogP contribution >= 0.6 is 0 Å². The normalized spacial score (nSPS) is 12.4. The van der Waals surface area contributed by atoms with Gasteiger partial charge in [0.15, 0.2) is 0 Å². The fourth-order valence-electron chi connectivity index (χ4n) is 1.65. The predicted molar refractivity (Wildman–Crippen MR) is 65.8 cm³/mol. The van der Waals surface area contributed by atoms with E-state index >= 15 is 0 Å². The molecule has 0 radical (unpaired) electrons. The molecule has 1 aromatic heterocycles. The molecule has 2 rings (SSSR count). The smallest absolute Gasteiger partial charge is 0.252 e. The summed E-state index contributed by atoms with van der Waals surface area (Å²) in [5.74, 6) is -0.190. The van der Waals surface area contributed by atoms with Gasteiger partial charge in [-0.05, 0) is 25.1 Å². The quantitative estimate of drug-likeness (QED) is 0.836. The number of carbonyl (C=O) groups excluding carboxylic acids is 1. The first-order chi connectivity index (χ1) is 8.22. The number of nitrogens with one attached hydrogen (secondary N) is 1. The van der Waals surface area contributed by atoms with E-state index in [0.717, 1.165) is 10.9 Å². The van der Waals surface area contributed by atoms with Crippen molar-refractivity contribution in [1.29, 1.82) is 0 Å². The van der Waals surface area contributed by atoms with Crippen molar-refractivity contribution in [3.63, 3.8) is 0 Å². The van der Waals surface area contributed by atoms with Crippen LogP contribution in [0.4, 0.5) is 0 Å². The molecule has 0 aliphatic heterocycles. The van der Waals surface area contributed by atoms with Crippen LogP contribution < -0.4 is 5.32 Å². The molecule has 88 valence electrons. The molecule has 2 N–H and O–H groups in total. The lowest BCUT2D eigenvalue weighted by Crippen LogP contribution is -2.35. The summed E-state index contributed by atoms with van der Waals surface area (Å²) in [6.07, 6.45) is 1.69. The number of hydrogen-bond donors (Lipinski definition) is 2. The van der Waals surface area contributed by atoms with Crippen molar-refractivity contribution in [2.75, 3.05) is 6.61 Å². The van der Waals surface area contributed by atoms with Gasteiger partial charge in [0, 0.05) is 23.2 Å². The van der Waals surface area contributed by atoms with E-state index in [2.05, 4.69) is 10.3 Å². The van der Waals surface area contributed by atoms with E-state index in [-0.39, 0.29) is 18.6 Å². The van der Waals surface area contributed by atoms with Gasteiger partial charge in [-0.15, -0.1) is 0 Å². The Bertz CT molecular complexity index is 534. The van der Waals surface area contributed by atoms with Gasteiger partial charge in [0.2, 0.25) is 0 Å². The number of nitrogens with zero attached hydrogens (tertiary/aromatic N) is 1. The maximum absolute atomic E-state index is 12.0. The second-order valence-corrected chi connectivity index (χ2v) is 3.93. The summed E-state index contributed by atoms with van der Waals surface area (Å²) in [7, 11) is 0. The number of carbonyl (C=O) groups is 1. The zero-order valence-electron chi connectivity index (χ0n) is 9.55. The summed E-state index contributed by atoms with van der Waals surface area (Å²) in [5.41, 5.74) is 1.37. The third-order valence-corrected chi connectivity index (χ3v) is 2.54. The molecule has 0 bridgehead atoms. The number of rotatable bonds is 3. The Morgan fingerprint density at radius 1 is 1.41 bits per heavy atom. The largest absolute Gasteiger partial charge is 0.394 e. The number of hydrogen-bond acceptors (Lipinski definition) is 3. The highest BCUT2D eigenvalue weighted by Crippen LogP contribution is 2.16. The second-order valence-electron chi connectivity index (χ2n) is 3.93. The molecule has 1 amide bonds. The van der Waals surface area contributed by atoms with Crippen LogP contribution in [0.1, 0.15) is 17.3 Å². The summed E-state index contributed by atoms with van der Waals surface area (Å²) >= 11 is 0. The lowest BCUT2D eigenvalue weighted by atomic mass is 10.1. The zero-order valence-corrected chi connectivity index (χ0v) is 9.55. The highest BCUT2D eigenvalue weighted by atomic mass is 16.3. The third-order valence-electron chi connectivity index (χ3n) is 2.54. The van der Waals surface area contributed by atoms with Gasteiger partial charge in [-0.25, -0.2) is 0 Å². The van der Waals surface area contributed by atoms with Crippen LogP contribution in [0.5, 0.6) is 0 Å². The second kappa shape index (κ2) is 4.93. The average molecular weight is 230 g/mol. The standard InChI is InChI=1S/C13H14N2O2/c1-9(8-16)15-13(17)11-4-2-6-12-10(11)5-3-7-14-12/h2-7,9,16H,8H2,1H3,(H,15,17)/t9-/m0/s1. The fraction of sp³-hybridized carbons (Fsp3) is 0.231. The van der Waals surface area contributed by atoms with Gasteiger partial charge in [-0.3, -0.25) is 9.78 Å². The maximum atomic E-state index is 12.0. The van der Waals surface area contributed by atoms with Crippen molar-refractivity contribution in [2.45, 2.75) is 13.0 Å². The molecular formula is C13H14N2O2. The monoisotopic (exact) mass is 230 g/mol. The SMILES string of the molecule is C[C@@H](CO)NC(=O)c1cccc2ncccc12. The number of fused-ring (bicyclic) bond motifs is 1. The highest BCUT2D eigenvalue weighted by Gasteiger charge is 2.11. The molecule has 4 heteroatoms. The van der Waals surface area contributed by atoms with Crippen LogP contribution in [0.15, 0.2) is 36.5 Å². The molecule has 1 atom stereocenters. The van der Waals surface area contributed by atoms with Crippen molar-refractivity contribution >= 4 is 16.8 Å². The van der Waals surface area contributed by atoms with Crippen LogP contribution in [0.25, 0.3) is 10.9 Å². The molecule has 0 aliphatic carbocycles. The maximum Gasteiger partial charge on any atom is 0.252 e. The van der Waals surface area contributed by atoms with Crippen LogP contribution in [0, 0.1) is 0 Å². The minimum Gasteiger partial charge on any atom is -0.394 e. The molecular weight excluding hydrogens is 216 g/mol. The first kappa shape index (κ1) is 11.5. The van der Waals surface area contributed by atoms with E-state index in [0.29, 0.717) is 5.56 Å². The van der Waals surface area contributed by atoms with E-state index in [1.807, 2.05) is 12.1 Å². The molecule has 0 unspecified atom stereocenters. The van der Waals surface area contributed by atoms with Gasteiger partial charge in [0.1, 0.15) is 0 Å². The van der Waals surface area contributed by atoms with Crippen molar-refractivity contribution in [2.24, 2.45) is 0 Å². The minimum atomic E-state index is -0.255. The molecule has 1 aromatic carbocycles. The molecule has 0 fully saturated rings. The molecule has 4 nitrogen and oxygen atoms in total. The van der Waals surface area contributed by atoms with Crippen molar-refractivity contribution < 1.29 is 9.90 Å². The Morgan fingerprint density at radius 2 is 2.24 bits per heavy atom. The van der Waals surface area contributed by atoms with Crippen molar-refractivity contribution in [3.05, 3.63) is 42.1 Å². The minimum absolute atomic E-state index is 0.0746. The fourth-order valence-corrected chi connectivity index (χ4v) is 1.65. The molecule has 0 saturated carbocycles. The van der Waals surface area contributed by atoms with E-state index in [1.54, 1.807) is 31.3 Å². The number of aliphatic hydroxyl groups excluding tert-OH is 1. The summed E-state index contributed by atoms with van der Waals surface area (Å²) in [6, 6.07) is 8.82. The summed E-state index contributed by atoms with van der Waals surface area (Å²) in [4.78, 5) is 16.2. The van der Waals surface area contributed by atoms with Gasteiger partial charge >= 0.3 is 0 Å². The molecule has 0 aliphatic rings. The van der Waals surface area contributed by atoms with Crippen molar-refractivity contribution in [3.8, 4) is 0 Å². The molecule has 1 heterocycles. The lowest BCUT2D eigenvalue weighted by Gasteiger charge is -2.11. The molecule has 0 saturated heterocycles. The summed E-state index contributed by atoms with van der Waals surface area (Å²) in [6.45, 7) is 1.68. The number of aliphatic hydroxyl groups is 1. The third kappa shape index (κ3) is 2.42. The first-order valence-electron chi connectivity index (χ1n) is 5.48. The topological polar surface area (TPSA) is 62.2 Å². The van der Waals surface area contributed by atoms with Crippen LogP contribution in [-0.4, -0.2) is 28.6 Å². The van der Waals surface area contributed by atoms with E-state index in [1.165, 1.54) is 0 Å². The molecule has 17 heavy (non-hydrogen) atoms. The van der Waals surface area contributed by atoms with Crippen molar-refractivity contribution in [1.82, 2.24) is 10.3 Å². The lowest BCUT2D eigenvalue weighted by molar-refractivity contribution is 0.0924. The number of aromatic nitrogens is 1. The van der Waals surface area contributed by atoms with Gasteiger partial charge in [-0.1, -0.05) is 12.1 Å². The highest BCUT2D eigenvalue weighted by molar-refractivity contribution is 6.06. The summed E-state index contributed by atoms with van der Waals surface area (Å²) < 4.78 is 0. The Kier molecular flexibility index (Phi) is 3.35. The predicted octanol–water partition coefficient (Wildman–Crippen LogP) is 1.35. The van der Waals surface area contributed by atoms with Gasteiger partial charge in [-0.2, -0.15) is 0 Å². The van der Waals surface area contributed by atoms with E-state index in [9.17, 15) is 4.79 Å². The molecule has 2 aromatic rings. The van der Waals surface area contributed by atoms with Gasteiger partial charge < -0.3 is 10.4 Å². The molecule has 0 spiro atoms. The van der Waals surface area contributed by atoms with Gasteiger partial charge in [0.05, 0.1) is 12.1 Å². The first-order valence-corrected chi connectivity index (χ1v) is 5.48. The Morgan fingerprint density at radius 3 is 3.00 bits per heavy atom. The number of benzene rings is 1. The zero-order chi connectivity index (χ0) is 12.3. The Balaban J connectivity index is 2.38. The van der Waals surface area contributed by atoms with Gasteiger partial charge in [0.25, 0.3) is 5.91 Å². The van der Waals surface area contributed by atoms with E-state index < -0.39 is 0 Å². The number of pyridine rings is 1. The van der Waals surface area contributed by atoms with Crippen LogP contribution in [0.2, 0.25) is 0 Å².